The van der Waals surface area contributed by atoms with Gasteiger partial charge in [0.15, 0.2) is 0 Å². The third-order valence-electron chi connectivity index (χ3n) is 6.85. The van der Waals surface area contributed by atoms with E-state index in [9.17, 15) is 9.59 Å². The van der Waals surface area contributed by atoms with Gasteiger partial charge in [-0.2, -0.15) is 5.10 Å². The molecule has 1 saturated heterocycles. The first-order valence-electron chi connectivity index (χ1n) is 12.9. The van der Waals surface area contributed by atoms with Crippen molar-refractivity contribution in [3.8, 4) is 5.75 Å². The lowest BCUT2D eigenvalue weighted by atomic mass is 9.90. The predicted molar refractivity (Wildman–Crippen MR) is 146 cm³/mol. The zero-order valence-electron chi connectivity index (χ0n) is 20.9. The van der Waals surface area contributed by atoms with Crippen LogP contribution in [-0.4, -0.2) is 45.5 Å². The van der Waals surface area contributed by atoms with Gasteiger partial charge in [0.2, 0.25) is 0 Å². The van der Waals surface area contributed by atoms with Crippen molar-refractivity contribution in [3.05, 3.63) is 91.2 Å². The van der Waals surface area contributed by atoms with Gasteiger partial charge in [-0.05, 0) is 93.9 Å². The number of hydrogen-bond donors (Lipinski definition) is 0. The normalized spacial score (nSPS) is 14.7. The standard InChI is InChI=1S/C28H35BrN4O3/c1-2-36-25-10-11-26(29)24(19-25)18-22-12-16-31(17-13-22)14-6-7-15-33-28(35)32(27(34)20-30-33)21-23-8-4-3-5-9-23/h3-5,8-11,19-20,22H,2,6-7,12-18,21H2,1H3. The Hall–Kier alpha value is -2.71. The fourth-order valence-corrected chi connectivity index (χ4v) is 5.23. The van der Waals surface area contributed by atoms with E-state index in [1.165, 1.54) is 33.9 Å². The molecule has 0 radical (unpaired) electrons. The molecule has 0 amide bonds. The first-order valence-corrected chi connectivity index (χ1v) is 13.7. The lowest BCUT2D eigenvalue weighted by Gasteiger charge is -2.32. The van der Waals surface area contributed by atoms with Gasteiger partial charge in [0.05, 0.1) is 13.2 Å². The smallest absolute Gasteiger partial charge is 0.347 e. The van der Waals surface area contributed by atoms with Crippen LogP contribution < -0.4 is 16.0 Å². The summed E-state index contributed by atoms with van der Waals surface area (Å²) in [4.78, 5) is 27.5. The molecule has 1 aliphatic rings. The quantitative estimate of drug-likeness (QED) is 0.329. The molecule has 1 aromatic heterocycles. The molecule has 2 heterocycles. The lowest BCUT2D eigenvalue weighted by Crippen LogP contribution is -2.41. The highest BCUT2D eigenvalue weighted by Gasteiger charge is 2.20. The number of likely N-dealkylation sites (tertiary alicyclic amines) is 1. The van der Waals surface area contributed by atoms with Crippen molar-refractivity contribution in [3.63, 3.8) is 0 Å². The third-order valence-corrected chi connectivity index (χ3v) is 7.62. The minimum Gasteiger partial charge on any atom is -0.494 e. The third kappa shape index (κ3) is 7.17. The molecule has 36 heavy (non-hydrogen) atoms. The number of aromatic nitrogens is 3. The summed E-state index contributed by atoms with van der Waals surface area (Å²) in [5.74, 6) is 1.63. The molecule has 192 valence electrons. The molecule has 0 N–H and O–H groups in total. The van der Waals surface area contributed by atoms with Crippen LogP contribution >= 0.6 is 15.9 Å². The highest BCUT2D eigenvalue weighted by atomic mass is 79.9. The Labute approximate surface area is 220 Å². The average molecular weight is 556 g/mol. The molecule has 0 bridgehead atoms. The zero-order valence-corrected chi connectivity index (χ0v) is 22.5. The van der Waals surface area contributed by atoms with Gasteiger partial charge >= 0.3 is 5.69 Å². The summed E-state index contributed by atoms with van der Waals surface area (Å²) in [5, 5.41) is 4.08. The molecule has 4 rings (SSSR count). The van der Waals surface area contributed by atoms with Crippen LogP contribution in [0.5, 0.6) is 5.75 Å². The van der Waals surface area contributed by atoms with E-state index in [1.807, 2.05) is 43.3 Å². The molecule has 0 saturated carbocycles. The van der Waals surface area contributed by atoms with Gasteiger partial charge in [-0.3, -0.25) is 9.36 Å². The Balaban J connectivity index is 1.22. The fourth-order valence-electron chi connectivity index (χ4n) is 4.82. The molecule has 2 aromatic carbocycles. The van der Waals surface area contributed by atoms with Gasteiger partial charge in [-0.1, -0.05) is 46.3 Å². The van der Waals surface area contributed by atoms with Crippen molar-refractivity contribution < 1.29 is 4.74 Å². The summed E-state index contributed by atoms with van der Waals surface area (Å²) in [5.41, 5.74) is 1.55. The van der Waals surface area contributed by atoms with E-state index < -0.39 is 0 Å². The van der Waals surface area contributed by atoms with Crippen molar-refractivity contribution >= 4 is 15.9 Å². The van der Waals surface area contributed by atoms with Crippen LogP contribution in [0.25, 0.3) is 0 Å². The Morgan fingerprint density at radius 2 is 1.78 bits per heavy atom. The molecule has 1 fully saturated rings. The Bertz CT molecular complexity index is 1230. The molecule has 0 spiro atoms. The molecule has 1 aliphatic heterocycles. The first-order chi connectivity index (χ1) is 17.5. The topological polar surface area (TPSA) is 69.4 Å². The highest BCUT2D eigenvalue weighted by molar-refractivity contribution is 9.10. The molecule has 0 aliphatic carbocycles. The molecule has 8 heteroatoms. The molecular formula is C28H35BrN4O3. The van der Waals surface area contributed by atoms with Gasteiger partial charge in [-0.25, -0.2) is 9.48 Å². The molecule has 3 aromatic rings. The predicted octanol–water partition coefficient (Wildman–Crippen LogP) is 4.35. The van der Waals surface area contributed by atoms with Crippen LogP contribution in [0.4, 0.5) is 0 Å². The van der Waals surface area contributed by atoms with E-state index in [-0.39, 0.29) is 17.8 Å². The summed E-state index contributed by atoms with van der Waals surface area (Å²) in [7, 11) is 0. The minimum atomic E-state index is -0.361. The fraction of sp³-hybridized carbons (Fsp3) is 0.464. The van der Waals surface area contributed by atoms with Crippen LogP contribution in [-0.2, 0) is 19.5 Å². The maximum atomic E-state index is 12.8. The van der Waals surface area contributed by atoms with Crippen molar-refractivity contribution in [2.45, 2.75) is 52.1 Å². The molecule has 0 unspecified atom stereocenters. The van der Waals surface area contributed by atoms with Crippen LogP contribution in [0.3, 0.4) is 0 Å². The number of benzene rings is 2. The number of halogens is 1. The van der Waals surface area contributed by atoms with E-state index in [2.05, 4.69) is 38.1 Å². The van der Waals surface area contributed by atoms with E-state index in [0.717, 1.165) is 54.7 Å². The first kappa shape index (κ1) is 26.4. The van der Waals surface area contributed by atoms with Crippen LogP contribution in [0, 0.1) is 5.92 Å². The SMILES string of the molecule is CCOc1ccc(Br)c(CC2CCN(CCCCn3ncc(=O)n(Cc4ccccc4)c3=O)CC2)c1. The second-order valence-corrected chi connectivity index (χ2v) is 10.3. The summed E-state index contributed by atoms with van der Waals surface area (Å²) < 4.78 is 9.51. The Morgan fingerprint density at radius 3 is 2.53 bits per heavy atom. The summed E-state index contributed by atoms with van der Waals surface area (Å²) in [6, 6.07) is 15.8. The van der Waals surface area contributed by atoms with Gasteiger partial charge in [-0.15, -0.1) is 0 Å². The largest absolute Gasteiger partial charge is 0.494 e. The van der Waals surface area contributed by atoms with Gasteiger partial charge in [0, 0.05) is 11.0 Å². The second-order valence-electron chi connectivity index (χ2n) is 9.44. The van der Waals surface area contributed by atoms with E-state index in [1.54, 1.807) is 0 Å². The second kappa shape index (κ2) is 13.0. The van der Waals surface area contributed by atoms with Crippen molar-refractivity contribution in [1.29, 1.82) is 0 Å². The maximum Gasteiger partial charge on any atom is 0.347 e. The van der Waals surface area contributed by atoms with Gasteiger partial charge < -0.3 is 9.64 Å². The summed E-state index contributed by atoms with van der Waals surface area (Å²) in [6.45, 7) is 6.71. The van der Waals surface area contributed by atoms with Gasteiger partial charge in [0.25, 0.3) is 5.56 Å². The van der Waals surface area contributed by atoms with Crippen LogP contribution in [0.2, 0.25) is 0 Å². The number of ether oxygens (including phenoxy) is 1. The molecule has 7 nitrogen and oxygen atoms in total. The molecular weight excluding hydrogens is 520 g/mol. The number of rotatable bonds is 11. The number of unbranched alkanes of at least 4 members (excludes halogenated alkanes) is 1. The maximum absolute atomic E-state index is 12.8. The van der Waals surface area contributed by atoms with E-state index >= 15 is 0 Å². The van der Waals surface area contributed by atoms with E-state index in [0.29, 0.717) is 19.1 Å². The average Bonchev–Trinajstić information content (AvgIpc) is 2.89. The monoisotopic (exact) mass is 554 g/mol. The summed E-state index contributed by atoms with van der Waals surface area (Å²) in [6.07, 6.45) is 6.56. The lowest BCUT2D eigenvalue weighted by molar-refractivity contribution is 0.180. The van der Waals surface area contributed by atoms with Crippen molar-refractivity contribution in [2.24, 2.45) is 5.92 Å². The number of nitrogens with zero attached hydrogens (tertiary/aromatic N) is 4. The Kier molecular flexibility index (Phi) is 9.53. The Morgan fingerprint density at radius 1 is 1.03 bits per heavy atom. The van der Waals surface area contributed by atoms with E-state index in [4.69, 9.17) is 4.74 Å². The number of aryl methyl sites for hydroxylation is 1. The van der Waals surface area contributed by atoms with Crippen molar-refractivity contribution in [2.75, 3.05) is 26.2 Å². The minimum absolute atomic E-state index is 0.266. The van der Waals surface area contributed by atoms with Crippen LogP contribution in [0.1, 0.15) is 43.7 Å². The summed E-state index contributed by atoms with van der Waals surface area (Å²) >= 11 is 3.70. The van der Waals surface area contributed by atoms with Crippen molar-refractivity contribution in [1.82, 2.24) is 19.2 Å². The van der Waals surface area contributed by atoms with Gasteiger partial charge in [0.1, 0.15) is 11.9 Å². The highest BCUT2D eigenvalue weighted by Crippen LogP contribution is 2.29. The number of piperidine rings is 1. The zero-order chi connectivity index (χ0) is 25.3. The molecule has 0 atom stereocenters. The van der Waals surface area contributed by atoms with Crippen LogP contribution in [0.15, 0.2) is 68.8 Å². The number of hydrogen-bond acceptors (Lipinski definition) is 5.